The Bertz CT molecular complexity index is 249. The molecular formula is C7H10N2O3. The molecule has 1 saturated heterocycles. The Morgan fingerprint density at radius 3 is 2.33 bits per heavy atom. The van der Waals surface area contributed by atoms with E-state index in [0.29, 0.717) is 6.42 Å². The first-order valence-corrected chi connectivity index (χ1v) is 3.76. The van der Waals surface area contributed by atoms with E-state index in [1.807, 2.05) is 12.2 Å². The highest BCUT2D eigenvalue weighted by molar-refractivity contribution is 6.44. The Labute approximate surface area is 69.7 Å². The number of nitrogens with zero attached hydrogens (tertiary/aromatic N) is 1. The molecule has 1 aliphatic heterocycles. The SMILES string of the molecule is CCC(C)N1C(=O)NC(=O)C1=O. The highest BCUT2D eigenvalue weighted by Gasteiger charge is 2.39. The second-order valence-electron chi connectivity index (χ2n) is 2.69. The van der Waals surface area contributed by atoms with Gasteiger partial charge >= 0.3 is 17.8 Å². The number of amides is 4. The van der Waals surface area contributed by atoms with Crippen molar-refractivity contribution in [3.63, 3.8) is 0 Å². The quantitative estimate of drug-likeness (QED) is 0.463. The van der Waals surface area contributed by atoms with Gasteiger partial charge < -0.3 is 0 Å². The standard InChI is InChI=1S/C7H10N2O3/c1-3-4(2)9-6(11)5(10)8-7(9)12/h4H,3H2,1-2H3,(H,8,10,12). The van der Waals surface area contributed by atoms with Gasteiger partial charge in [0.1, 0.15) is 0 Å². The number of carbonyl (C=O) groups excluding carboxylic acids is 3. The number of urea groups is 1. The van der Waals surface area contributed by atoms with Gasteiger partial charge in [0, 0.05) is 6.04 Å². The van der Waals surface area contributed by atoms with Gasteiger partial charge in [-0.2, -0.15) is 0 Å². The molecule has 1 unspecified atom stereocenters. The fraction of sp³-hybridized carbons (Fsp3) is 0.571. The highest BCUT2D eigenvalue weighted by Crippen LogP contribution is 2.08. The van der Waals surface area contributed by atoms with Gasteiger partial charge in [-0.15, -0.1) is 0 Å². The average Bonchev–Trinajstić information content (AvgIpc) is 2.26. The molecular weight excluding hydrogens is 160 g/mol. The van der Waals surface area contributed by atoms with E-state index in [2.05, 4.69) is 0 Å². The van der Waals surface area contributed by atoms with Gasteiger partial charge in [-0.3, -0.25) is 19.8 Å². The molecule has 0 saturated carbocycles. The van der Waals surface area contributed by atoms with Crippen LogP contribution in [0.2, 0.25) is 0 Å². The van der Waals surface area contributed by atoms with Crippen LogP contribution in [0.1, 0.15) is 20.3 Å². The van der Waals surface area contributed by atoms with E-state index in [9.17, 15) is 14.4 Å². The Balaban J connectivity index is 2.83. The largest absolute Gasteiger partial charge is 0.331 e. The summed E-state index contributed by atoms with van der Waals surface area (Å²) in [6, 6.07) is -0.830. The lowest BCUT2D eigenvalue weighted by molar-refractivity contribution is -0.140. The molecule has 1 heterocycles. The zero-order valence-electron chi connectivity index (χ0n) is 6.96. The Morgan fingerprint density at radius 1 is 1.42 bits per heavy atom. The fourth-order valence-electron chi connectivity index (χ4n) is 0.995. The van der Waals surface area contributed by atoms with Gasteiger partial charge in [0.15, 0.2) is 0 Å². The van der Waals surface area contributed by atoms with Gasteiger partial charge in [-0.05, 0) is 13.3 Å². The van der Waals surface area contributed by atoms with Crippen molar-refractivity contribution in [3.05, 3.63) is 0 Å². The Hall–Kier alpha value is -1.39. The maximum absolute atomic E-state index is 11.0. The predicted molar refractivity (Wildman–Crippen MR) is 40.1 cm³/mol. The van der Waals surface area contributed by atoms with Crippen LogP contribution in [0.15, 0.2) is 0 Å². The first kappa shape index (κ1) is 8.70. The van der Waals surface area contributed by atoms with Crippen LogP contribution in [-0.4, -0.2) is 28.8 Å². The van der Waals surface area contributed by atoms with E-state index >= 15 is 0 Å². The molecule has 5 heteroatoms. The molecule has 4 amide bonds. The predicted octanol–water partition coefficient (Wildman–Crippen LogP) is -0.137. The number of hydrogen-bond donors (Lipinski definition) is 1. The summed E-state index contributed by atoms with van der Waals surface area (Å²) in [5.41, 5.74) is 0. The van der Waals surface area contributed by atoms with E-state index in [-0.39, 0.29) is 6.04 Å². The smallest absolute Gasteiger partial charge is 0.269 e. The van der Waals surface area contributed by atoms with Crippen LogP contribution < -0.4 is 5.32 Å². The number of nitrogens with one attached hydrogen (secondary N) is 1. The van der Waals surface area contributed by atoms with Crippen molar-refractivity contribution in [3.8, 4) is 0 Å². The third kappa shape index (κ3) is 1.17. The second kappa shape index (κ2) is 2.92. The summed E-state index contributed by atoms with van der Waals surface area (Å²) in [6.07, 6.45) is 0.645. The number of carbonyl (C=O) groups is 3. The van der Waals surface area contributed by atoms with Crippen LogP contribution in [0.4, 0.5) is 4.79 Å². The van der Waals surface area contributed by atoms with Crippen molar-refractivity contribution < 1.29 is 14.4 Å². The van der Waals surface area contributed by atoms with Gasteiger partial charge in [-0.1, -0.05) is 6.92 Å². The van der Waals surface area contributed by atoms with Crippen molar-refractivity contribution in [2.24, 2.45) is 0 Å². The lowest BCUT2D eigenvalue weighted by atomic mass is 10.2. The number of hydrogen-bond acceptors (Lipinski definition) is 3. The normalized spacial score (nSPS) is 19.8. The third-order valence-corrected chi connectivity index (χ3v) is 1.88. The number of rotatable bonds is 2. The molecule has 1 aliphatic rings. The zero-order chi connectivity index (χ0) is 9.30. The molecule has 0 aromatic heterocycles. The van der Waals surface area contributed by atoms with Crippen molar-refractivity contribution in [1.82, 2.24) is 10.2 Å². The van der Waals surface area contributed by atoms with Crippen molar-refractivity contribution >= 4 is 17.8 Å². The van der Waals surface area contributed by atoms with E-state index in [1.54, 1.807) is 6.92 Å². The molecule has 0 aliphatic carbocycles. The maximum Gasteiger partial charge on any atom is 0.331 e. The van der Waals surface area contributed by atoms with Crippen LogP contribution in [-0.2, 0) is 9.59 Å². The first-order chi connectivity index (χ1) is 5.57. The molecule has 0 aromatic rings. The average molecular weight is 170 g/mol. The highest BCUT2D eigenvalue weighted by atomic mass is 16.2. The molecule has 1 fully saturated rings. The molecule has 1 atom stereocenters. The molecule has 0 aromatic carbocycles. The molecule has 5 nitrogen and oxygen atoms in total. The topological polar surface area (TPSA) is 66.5 Å². The van der Waals surface area contributed by atoms with Crippen LogP contribution in [0.5, 0.6) is 0 Å². The summed E-state index contributed by atoms with van der Waals surface area (Å²) in [4.78, 5) is 33.6. The third-order valence-electron chi connectivity index (χ3n) is 1.88. The summed E-state index contributed by atoms with van der Waals surface area (Å²) >= 11 is 0. The summed E-state index contributed by atoms with van der Waals surface area (Å²) < 4.78 is 0. The monoisotopic (exact) mass is 170 g/mol. The number of imide groups is 2. The van der Waals surface area contributed by atoms with Crippen molar-refractivity contribution in [1.29, 1.82) is 0 Å². The maximum atomic E-state index is 11.0. The van der Waals surface area contributed by atoms with Gasteiger partial charge in [0.2, 0.25) is 0 Å². The molecule has 0 bridgehead atoms. The Kier molecular flexibility index (Phi) is 2.12. The van der Waals surface area contributed by atoms with Crippen LogP contribution in [0.3, 0.4) is 0 Å². The first-order valence-electron chi connectivity index (χ1n) is 3.76. The van der Waals surface area contributed by atoms with E-state index in [1.165, 1.54) is 0 Å². The summed E-state index contributed by atoms with van der Waals surface area (Å²) in [5.74, 6) is -1.59. The van der Waals surface area contributed by atoms with Crippen molar-refractivity contribution in [2.45, 2.75) is 26.3 Å². The summed E-state index contributed by atoms with van der Waals surface area (Å²) in [5, 5.41) is 1.93. The summed E-state index contributed by atoms with van der Waals surface area (Å²) in [6.45, 7) is 3.56. The van der Waals surface area contributed by atoms with Crippen LogP contribution >= 0.6 is 0 Å². The minimum Gasteiger partial charge on any atom is -0.269 e. The van der Waals surface area contributed by atoms with E-state index < -0.39 is 17.8 Å². The molecule has 12 heavy (non-hydrogen) atoms. The van der Waals surface area contributed by atoms with E-state index in [0.717, 1.165) is 4.90 Å². The Morgan fingerprint density at radius 2 is 2.00 bits per heavy atom. The van der Waals surface area contributed by atoms with Gasteiger partial charge in [0.25, 0.3) is 0 Å². The molecule has 0 radical (unpaired) electrons. The molecule has 66 valence electrons. The van der Waals surface area contributed by atoms with Crippen molar-refractivity contribution in [2.75, 3.05) is 0 Å². The lowest BCUT2D eigenvalue weighted by Crippen LogP contribution is -2.38. The lowest BCUT2D eigenvalue weighted by Gasteiger charge is -2.17. The van der Waals surface area contributed by atoms with Crippen LogP contribution in [0, 0.1) is 0 Å². The fourth-order valence-corrected chi connectivity index (χ4v) is 0.995. The minimum atomic E-state index is -0.833. The second-order valence-corrected chi connectivity index (χ2v) is 2.69. The van der Waals surface area contributed by atoms with Gasteiger partial charge in [-0.25, -0.2) is 4.79 Å². The minimum absolute atomic E-state index is 0.219. The molecule has 0 spiro atoms. The summed E-state index contributed by atoms with van der Waals surface area (Å²) in [7, 11) is 0. The molecule has 1 N–H and O–H groups in total. The zero-order valence-corrected chi connectivity index (χ0v) is 6.96. The van der Waals surface area contributed by atoms with E-state index in [4.69, 9.17) is 0 Å². The van der Waals surface area contributed by atoms with Gasteiger partial charge in [0.05, 0.1) is 0 Å². The van der Waals surface area contributed by atoms with Crippen LogP contribution in [0.25, 0.3) is 0 Å². The molecule has 1 rings (SSSR count).